The van der Waals surface area contributed by atoms with Gasteiger partial charge in [0.15, 0.2) is 0 Å². The number of hydrogen-bond acceptors (Lipinski definition) is 2. The lowest BCUT2D eigenvalue weighted by Gasteiger charge is -2.09. The summed E-state index contributed by atoms with van der Waals surface area (Å²) in [5.41, 5.74) is 0.670. The number of rotatable bonds is 2. The molecule has 1 unspecified atom stereocenters. The highest BCUT2D eigenvalue weighted by Gasteiger charge is 2.17. The van der Waals surface area contributed by atoms with E-state index in [9.17, 15) is 4.79 Å². The average Bonchev–Trinajstić information content (AvgIpc) is 2.75. The van der Waals surface area contributed by atoms with Gasteiger partial charge in [-0.05, 0) is 35.0 Å². The van der Waals surface area contributed by atoms with Crippen molar-refractivity contribution in [3.05, 3.63) is 22.4 Å². The Labute approximate surface area is 103 Å². The molecule has 1 aromatic rings. The van der Waals surface area contributed by atoms with Crippen molar-refractivity contribution in [2.24, 2.45) is 0 Å². The van der Waals surface area contributed by atoms with Gasteiger partial charge in [-0.25, -0.2) is 0 Å². The van der Waals surface area contributed by atoms with Crippen LogP contribution < -0.4 is 10.6 Å². The van der Waals surface area contributed by atoms with Crippen LogP contribution in [0.25, 0.3) is 0 Å². The number of amides is 1. The fourth-order valence-corrected chi connectivity index (χ4v) is 1.91. The minimum Gasteiger partial charge on any atom is -0.355 e. The third-order valence-electron chi connectivity index (χ3n) is 2.31. The van der Waals surface area contributed by atoms with E-state index in [1.54, 1.807) is 12.3 Å². The first kappa shape index (κ1) is 12.5. The molecule has 0 radical (unpaired) electrons. The third kappa shape index (κ3) is 3.22. The van der Waals surface area contributed by atoms with E-state index in [0.29, 0.717) is 5.56 Å². The lowest BCUT2D eigenvalue weighted by molar-refractivity contribution is 0.0940. The predicted molar refractivity (Wildman–Crippen MR) is 64.5 cm³/mol. The molecule has 1 atom stereocenters. The van der Waals surface area contributed by atoms with E-state index in [0.717, 1.165) is 24.1 Å². The Kier molecular flexibility index (Phi) is 4.63. The fourth-order valence-electron chi connectivity index (χ4n) is 1.54. The van der Waals surface area contributed by atoms with Gasteiger partial charge in [0.1, 0.15) is 0 Å². The zero-order valence-corrected chi connectivity index (χ0v) is 10.5. The van der Waals surface area contributed by atoms with Crippen molar-refractivity contribution < 1.29 is 4.79 Å². The zero-order valence-electron chi connectivity index (χ0n) is 8.05. The van der Waals surface area contributed by atoms with Crippen LogP contribution in [0.1, 0.15) is 16.8 Å². The van der Waals surface area contributed by atoms with Crippen molar-refractivity contribution in [2.75, 3.05) is 13.1 Å². The minimum absolute atomic E-state index is 0. The summed E-state index contributed by atoms with van der Waals surface area (Å²) in [7, 11) is 0. The molecule has 84 valence electrons. The van der Waals surface area contributed by atoms with Crippen molar-refractivity contribution in [1.29, 1.82) is 0 Å². The smallest absolute Gasteiger partial charge is 0.253 e. The second-order valence-corrected chi connectivity index (χ2v) is 4.25. The SMILES string of the molecule is Cl.O=C(NC1CCNC1)c1c[nH]c(Br)c1. The van der Waals surface area contributed by atoms with Gasteiger partial charge >= 0.3 is 0 Å². The Bertz CT molecular complexity index is 336. The molecule has 1 aliphatic heterocycles. The summed E-state index contributed by atoms with van der Waals surface area (Å²) in [4.78, 5) is 14.5. The van der Waals surface area contributed by atoms with E-state index < -0.39 is 0 Å². The van der Waals surface area contributed by atoms with Gasteiger partial charge in [-0.3, -0.25) is 4.79 Å². The maximum atomic E-state index is 11.6. The molecule has 0 aromatic carbocycles. The van der Waals surface area contributed by atoms with E-state index in [-0.39, 0.29) is 24.4 Å². The number of hydrogen-bond donors (Lipinski definition) is 3. The molecule has 1 aromatic heterocycles. The van der Waals surface area contributed by atoms with Crippen LogP contribution in [-0.4, -0.2) is 30.0 Å². The number of H-pyrrole nitrogens is 1. The van der Waals surface area contributed by atoms with Crippen LogP contribution in [0.5, 0.6) is 0 Å². The van der Waals surface area contributed by atoms with Crippen molar-refractivity contribution in [3.63, 3.8) is 0 Å². The van der Waals surface area contributed by atoms with Crippen LogP contribution in [0, 0.1) is 0 Å². The van der Waals surface area contributed by atoms with Gasteiger partial charge < -0.3 is 15.6 Å². The number of aromatic amines is 1. The van der Waals surface area contributed by atoms with Crippen molar-refractivity contribution in [3.8, 4) is 0 Å². The summed E-state index contributed by atoms with van der Waals surface area (Å²) in [5.74, 6) is -0.0133. The minimum atomic E-state index is -0.0133. The number of nitrogens with one attached hydrogen (secondary N) is 3. The van der Waals surface area contributed by atoms with E-state index in [4.69, 9.17) is 0 Å². The van der Waals surface area contributed by atoms with Gasteiger partial charge in [-0.2, -0.15) is 0 Å². The Hall–Kier alpha value is -0.520. The number of aromatic nitrogens is 1. The van der Waals surface area contributed by atoms with Crippen LogP contribution in [0.3, 0.4) is 0 Å². The van der Waals surface area contributed by atoms with Crippen LogP contribution in [0.2, 0.25) is 0 Å². The highest BCUT2D eigenvalue weighted by atomic mass is 79.9. The average molecular weight is 295 g/mol. The molecule has 0 bridgehead atoms. The van der Waals surface area contributed by atoms with E-state index >= 15 is 0 Å². The van der Waals surface area contributed by atoms with E-state index in [1.165, 1.54) is 0 Å². The summed E-state index contributed by atoms with van der Waals surface area (Å²) >= 11 is 3.27. The second kappa shape index (κ2) is 5.53. The molecule has 1 fully saturated rings. The van der Waals surface area contributed by atoms with Crippen LogP contribution in [-0.2, 0) is 0 Å². The van der Waals surface area contributed by atoms with Gasteiger partial charge in [-0.15, -0.1) is 12.4 Å². The third-order valence-corrected chi connectivity index (χ3v) is 2.76. The molecular formula is C9H13BrClN3O. The topological polar surface area (TPSA) is 56.9 Å². The Morgan fingerprint density at radius 2 is 2.40 bits per heavy atom. The molecule has 1 amide bonds. The summed E-state index contributed by atoms with van der Waals surface area (Å²) < 4.78 is 0.826. The van der Waals surface area contributed by atoms with Crippen molar-refractivity contribution in [2.45, 2.75) is 12.5 Å². The molecule has 3 N–H and O–H groups in total. The largest absolute Gasteiger partial charge is 0.355 e. The molecule has 1 aliphatic rings. The quantitative estimate of drug-likeness (QED) is 0.770. The molecule has 0 saturated carbocycles. The fraction of sp³-hybridized carbons (Fsp3) is 0.444. The molecule has 1 saturated heterocycles. The molecule has 2 heterocycles. The number of carbonyl (C=O) groups is 1. The lowest BCUT2D eigenvalue weighted by atomic mass is 10.2. The standard InChI is InChI=1S/C9H12BrN3O.ClH/c10-8-3-6(4-12-8)9(14)13-7-1-2-11-5-7;/h3-4,7,11-12H,1-2,5H2,(H,13,14);1H. The molecule has 6 heteroatoms. The highest BCUT2D eigenvalue weighted by Crippen LogP contribution is 2.10. The Morgan fingerprint density at radius 3 is 2.93 bits per heavy atom. The van der Waals surface area contributed by atoms with Gasteiger partial charge in [0.25, 0.3) is 5.91 Å². The highest BCUT2D eigenvalue weighted by molar-refractivity contribution is 9.10. The van der Waals surface area contributed by atoms with Crippen LogP contribution >= 0.6 is 28.3 Å². The van der Waals surface area contributed by atoms with Crippen molar-refractivity contribution >= 4 is 34.2 Å². The van der Waals surface area contributed by atoms with Crippen LogP contribution in [0.4, 0.5) is 0 Å². The summed E-state index contributed by atoms with van der Waals surface area (Å²) in [6.45, 7) is 1.86. The summed E-state index contributed by atoms with van der Waals surface area (Å²) in [5, 5.41) is 6.17. The van der Waals surface area contributed by atoms with E-state index in [2.05, 4.69) is 31.5 Å². The molecule has 0 aliphatic carbocycles. The number of halogens is 2. The maximum Gasteiger partial charge on any atom is 0.253 e. The van der Waals surface area contributed by atoms with Gasteiger partial charge in [0, 0.05) is 18.8 Å². The molecule has 0 spiro atoms. The lowest BCUT2D eigenvalue weighted by Crippen LogP contribution is -2.35. The van der Waals surface area contributed by atoms with Gasteiger partial charge in [-0.1, -0.05) is 0 Å². The maximum absolute atomic E-state index is 11.6. The van der Waals surface area contributed by atoms with Gasteiger partial charge in [0.05, 0.1) is 10.2 Å². The molecule has 2 rings (SSSR count). The zero-order chi connectivity index (χ0) is 9.97. The second-order valence-electron chi connectivity index (χ2n) is 3.40. The first-order chi connectivity index (χ1) is 6.75. The Balaban J connectivity index is 0.00000112. The molecule has 4 nitrogen and oxygen atoms in total. The first-order valence-electron chi connectivity index (χ1n) is 4.61. The first-order valence-corrected chi connectivity index (χ1v) is 5.40. The molecular weight excluding hydrogens is 281 g/mol. The molecule has 15 heavy (non-hydrogen) atoms. The van der Waals surface area contributed by atoms with Gasteiger partial charge in [0.2, 0.25) is 0 Å². The van der Waals surface area contributed by atoms with Crippen LogP contribution in [0.15, 0.2) is 16.9 Å². The predicted octanol–water partition coefficient (Wildman–Crippen LogP) is 1.29. The summed E-state index contributed by atoms with van der Waals surface area (Å²) in [6.07, 6.45) is 2.71. The van der Waals surface area contributed by atoms with E-state index in [1.807, 2.05) is 0 Å². The Morgan fingerprint density at radius 1 is 1.60 bits per heavy atom. The monoisotopic (exact) mass is 293 g/mol. The number of carbonyl (C=O) groups excluding carboxylic acids is 1. The normalized spacial score (nSPS) is 19.7. The van der Waals surface area contributed by atoms with Crippen molar-refractivity contribution in [1.82, 2.24) is 15.6 Å². The summed E-state index contributed by atoms with van der Waals surface area (Å²) in [6, 6.07) is 2.05.